The van der Waals surface area contributed by atoms with Crippen molar-refractivity contribution in [3.63, 3.8) is 0 Å². The van der Waals surface area contributed by atoms with Crippen LogP contribution < -0.4 is 15.5 Å². The average Bonchev–Trinajstić information content (AvgIpc) is 2.69. The summed E-state index contributed by atoms with van der Waals surface area (Å²) in [5.74, 6) is -0.548. The number of carbonyl (C=O) groups excluding carboxylic acids is 2. The number of benzene rings is 2. The Morgan fingerprint density at radius 3 is 2.52 bits per heavy atom. The molecule has 1 unspecified atom stereocenters. The summed E-state index contributed by atoms with van der Waals surface area (Å²) < 4.78 is 6.28. The summed E-state index contributed by atoms with van der Waals surface area (Å²) in [6, 6.07) is 14.0. The fourth-order valence-corrected chi connectivity index (χ4v) is 3.23. The molecule has 1 aliphatic rings. The number of nitrogens with one attached hydrogen (secondary N) is 2. The monoisotopic (exact) mass is 431 g/mol. The van der Waals surface area contributed by atoms with Crippen molar-refractivity contribution in [1.29, 1.82) is 0 Å². The van der Waals surface area contributed by atoms with E-state index in [1.807, 2.05) is 24.3 Å². The highest BCUT2D eigenvalue weighted by Crippen LogP contribution is 2.30. The Morgan fingerprint density at radius 2 is 1.81 bits per heavy atom. The van der Waals surface area contributed by atoms with E-state index in [-0.39, 0.29) is 11.8 Å². The SMILES string of the molecule is CC(NC(=O)c1ccccc1)C(=O)Nc1cc(Br)ccc1N1CCOCC1. The van der Waals surface area contributed by atoms with Crippen molar-refractivity contribution in [2.24, 2.45) is 0 Å². The minimum Gasteiger partial charge on any atom is -0.378 e. The minimum atomic E-state index is -0.672. The number of anilines is 2. The molecule has 0 spiro atoms. The lowest BCUT2D eigenvalue weighted by molar-refractivity contribution is -0.117. The molecule has 2 aromatic carbocycles. The van der Waals surface area contributed by atoms with Crippen LogP contribution in [0.4, 0.5) is 11.4 Å². The van der Waals surface area contributed by atoms with Gasteiger partial charge in [0.05, 0.1) is 24.6 Å². The lowest BCUT2D eigenvalue weighted by atomic mass is 10.2. The van der Waals surface area contributed by atoms with E-state index < -0.39 is 6.04 Å². The first-order valence-electron chi connectivity index (χ1n) is 8.83. The molecule has 0 aromatic heterocycles. The van der Waals surface area contributed by atoms with E-state index in [2.05, 4.69) is 31.5 Å². The van der Waals surface area contributed by atoms with Crippen LogP contribution in [-0.2, 0) is 9.53 Å². The van der Waals surface area contributed by atoms with Crippen molar-refractivity contribution in [1.82, 2.24) is 5.32 Å². The van der Waals surface area contributed by atoms with Crippen LogP contribution in [0.1, 0.15) is 17.3 Å². The Bertz CT molecular complexity index is 807. The number of nitrogens with zero attached hydrogens (tertiary/aromatic N) is 1. The van der Waals surface area contributed by atoms with Crippen molar-refractivity contribution in [2.45, 2.75) is 13.0 Å². The molecule has 142 valence electrons. The Balaban J connectivity index is 1.69. The second-order valence-corrected chi connectivity index (χ2v) is 7.23. The van der Waals surface area contributed by atoms with Crippen LogP contribution in [0.3, 0.4) is 0 Å². The van der Waals surface area contributed by atoms with Gasteiger partial charge in [0.1, 0.15) is 6.04 Å². The van der Waals surface area contributed by atoms with Crippen molar-refractivity contribution < 1.29 is 14.3 Å². The van der Waals surface area contributed by atoms with Crippen LogP contribution in [0.25, 0.3) is 0 Å². The van der Waals surface area contributed by atoms with E-state index in [9.17, 15) is 9.59 Å². The molecule has 7 heteroatoms. The third-order valence-corrected chi connectivity index (χ3v) is 4.84. The van der Waals surface area contributed by atoms with Crippen LogP contribution >= 0.6 is 15.9 Å². The van der Waals surface area contributed by atoms with E-state index in [0.29, 0.717) is 24.5 Å². The van der Waals surface area contributed by atoms with Crippen molar-refractivity contribution >= 4 is 39.1 Å². The zero-order valence-corrected chi connectivity index (χ0v) is 16.7. The zero-order valence-electron chi connectivity index (χ0n) is 15.1. The normalized spacial score (nSPS) is 15.1. The molecule has 1 atom stereocenters. The second-order valence-electron chi connectivity index (χ2n) is 6.31. The number of ether oxygens (including phenoxy) is 1. The molecule has 0 radical (unpaired) electrons. The Morgan fingerprint density at radius 1 is 1.11 bits per heavy atom. The molecule has 0 aliphatic carbocycles. The maximum absolute atomic E-state index is 12.6. The van der Waals surface area contributed by atoms with Gasteiger partial charge in [-0.3, -0.25) is 9.59 Å². The van der Waals surface area contributed by atoms with Gasteiger partial charge in [0.25, 0.3) is 5.91 Å². The second kappa shape index (κ2) is 9.01. The summed E-state index contributed by atoms with van der Waals surface area (Å²) in [6.45, 7) is 4.53. The molecule has 3 rings (SSSR count). The minimum absolute atomic E-state index is 0.271. The quantitative estimate of drug-likeness (QED) is 0.762. The summed E-state index contributed by atoms with van der Waals surface area (Å²) >= 11 is 3.45. The van der Waals surface area contributed by atoms with E-state index in [1.165, 1.54) is 0 Å². The molecular weight excluding hydrogens is 410 g/mol. The lowest BCUT2D eigenvalue weighted by Crippen LogP contribution is -2.42. The van der Waals surface area contributed by atoms with Crippen LogP contribution in [0.5, 0.6) is 0 Å². The van der Waals surface area contributed by atoms with Crippen LogP contribution in [0.15, 0.2) is 53.0 Å². The first kappa shape index (κ1) is 19.4. The fraction of sp³-hybridized carbons (Fsp3) is 0.300. The highest BCUT2D eigenvalue weighted by Gasteiger charge is 2.20. The summed E-state index contributed by atoms with van der Waals surface area (Å²) in [4.78, 5) is 27.1. The lowest BCUT2D eigenvalue weighted by Gasteiger charge is -2.31. The van der Waals surface area contributed by atoms with E-state index in [0.717, 1.165) is 23.2 Å². The van der Waals surface area contributed by atoms with Crippen LogP contribution in [0, 0.1) is 0 Å². The predicted molar refractivity (Wildman–Crippen MR) is 109 cm³/mol. The molecule has 1 fully saturated rings. The molecule has 0 saturated carbocycles. The van der Waals surface area contributed by atoms with Gasteiger partial charge in [-0.05, 0) is 37.3 Å². The maximum Gasteiger partial charge on any atom is 0.251 e. The first-order chi connectivity index (χ1) is 13.0. The number of rotatable bonds is 5. The maximum atomic E-state index is 12.6. The van der Waals surface area contributed by atoms with Crippen molar-refractivity contribution in [3.05, 3.63) is 58.6 Å². The molecule has 0 bridgehead atoms. The first-order valence-corrected chi connectivity index (χ1v) is 9.63. The van der Waals surface area contributed by atoms with Crippen molar-refractivity contribution in [3.8, 4) is 0 Å². The molecular formula is C20H22BrN3O3. The Labute approximate surface area is 167 Å². The number of hydrogen-bond acceptors (Lipinski definition) is 4. The van der Waals surface area contributed by atoms with Gasteiger partial charge in [-0.1, -0.05) is 34.1 Å². The zero-order chi connectivity index (χ0) is 19.2. The highest BCUT2D eigenvalue weighted by molar-refractivity contribution is 9.10. The standard InChI is InChI=1S/C20H22BrN3O3/c1-14(22-20(26)15-5-3-2-4-6-15)19(25)23-17-13-16(21)7-8-18(17)24-9-11-27-12-10-24/h2-8,13-14H,9-12H2,1H3,(H,22,26)(H,23,25). The molecule has 2 N–H and O–H groups in total. The van der Waals surface area contributed by atoms with Crippen molar-refractivity contribution in [2.75, 3.05) is 36.5 Å². The molecule has 2 aromatic rings. The predicted octanol–water partition coefficient (Wildman–Crippen LogP) is 3.04. The summed E-state index contributed by atoms with van der Waals surface area (Å²) in [7, 11) is 0. The van der Waals surface area contributed by atoms with Crippen LogP contribution in [-0.4, -0.2) is 44.2 Å². The number of amides is 2. The van der Waals surface area contributed by atoms with E-state index in [4.69, 9.17) is 4.74 Å². The Kier molecular flexibility index (Phi) is 6.47. The molecule has 27 heavy (non-hydrogen) atoms. The molecule has 1 saturated heterocycles. The van der Waals surface area contributed by atoms with Gasteiger partial charge in [-0.25, -0.2) is 0 Å². The molecule has 1 heterocycles. The third kappa shape index (κ3) is 5.08. The number of halogens is 1. The summed E-state index contributed by atoms with van der Waals surface area (Å²) in [6.07, 6.45) is 0. The largest absolute Gasteiger partial charge is 0.378 e. The van der Waals surface area contributed by atoms with Gasteiger partial charge in [-0.2, -0.15) is 0 Å². The smallest absolute Gasteiger partial charge is 0.251 e. The number of hydrogen-bond donors (Lipinski definition) is 2. The summed E-state index contributed by atoms with van der Waals surface area (Å²) in [5, 5.41) is 5.67. The Hall–Kier alpha value is -2.38. The highest BCUT2D eigenvalue weighted by atomic mass is 79.9. The third-order valence-electron chi connectivity index (χ3n) is 4.35. The van der Waals surface area contributed by atoms with Gasteiger partial charge in [0, 0.05) is 23.1 Å². The molecule has 6 nitrogen and oxygen atoms in total. The van der Waals surface area contributed by atoms with Gasteiger partial charge >= 0.3 is 0 Å². The van der Waals surface area contributed by atoms with Gasteiger partial charge < -0.3 is 20.3 Å². The number of morpholine rings is 1. The molecule has 1 aliphatic heterocycles. The van der Waals surface area contributed by atoms with Gasteiger partial charge in [0.15, 0.2) is 0 Å². The van der Waals surface area contributed by atoms with Crippen LogP contribution in [0.2, 0.25) is 0 Å². The fourth-order valence-electron chi connectivity index (χ4n) is 2.86. The van der Waals surface area contributed by atoms with Gasteiger partial charge in [0.2, 0.25) is 5.91 Å². The number of carbonyl (C=O) groups is 2. The van der Waals surface area contributed by atoms with Gasteiger partial charge in [-0.15, -0.1) is 0 Å². The van der Waals surface area contributed by atoms with E-state index in [1.54, 1.807) is 31.2 Å². The topological polar surface area (TPSA) is 70.7 Å². The average molecular weight is 432 g/mol. The van der Waals surface area contributed by atoms with E-state index >= 15 is 0 Å². The molecule has 2 amide bonds. The summed E-state index contributed by atoms with van der Waals surface area (Å²) in [5.41, 5.74) is 2.17.